The van der Waals surface area contributed by atoms with Crippen LogP contribution < -0.4 is 4.74 Å². The third-order valence-electron chi connectivity index (χ3n) is 3.27. The van der Waals surface area contributed by atoms with Gasteiger partial charge >= 0.3 is 0 Å². The molecule has 0 atom stereocenters. The second-order valence-corrected chi connectivity index (χ2v) is 6.66. The van der Waals surface area contributed by atoms with E-state index in [1.54, 1.807) is 30.3 Å². The minimum absolute atomic E-state index is 0.0318. The molecule has 0 N–H and O–H groups in total. The standard InChI is InChI=1S/C19H12Br2O2/c20-14-8-11-17(18(21)12-14)19(22)13-6-9-16(10-7-13)23-15-4-2-1-3-5-15/h1-12H. The molecule has 0 bridgehead atoms. The van der Waals surface area contributed by atoms with Gasteiger partial charge in [0.05, 0.1) is 0 Å². The van der Waals surface area contributed by atoms with Crippen molar-refractivity contribution in [1.29, 1.82) is 0 Å². The summed E-state index contributed by atoms with van der Waals surface area (Å²) in [6, 6.07) is 22.2. The summed E-state index contributed by atoms with van der Waals surface area (Å²) in [4.78, 5) is 12.6. The molecule has 0 aliphatic carbocycles. The lowest BCUT2D eigenvalue weighted by molar-refractivity contribution is 0.103. The Hall–Kier alpha value is -1.91. The molecule has 114 valence electrons. The molecule has 4 heteroatoms. The van der Waals surface area contributed by atoms with Gasteiger partial charge in [0, 0.05) is 20.1 Å². The molecule has 0 spiro atoms. The average Bonchev–Trinajstić information content (AvgIpc) is 2.56. The van der Waals surface area contributed by atoms with Crippen molar-refractivity contribution in [2.45, 2.75) is 0 Å². The van der Waals surface area contributed by atoms with Crippen LogP contribution in [-0.2, 0) is 0 Å². The number of carbonyl (C=O) groups excluding carboxylic acids is 1. The zero-order chi connectivity index (χ0) is 16.2. The summed E-state index contributed by atoms with van der Waals surface area (Å²) < 4.78 is 7.42. The first-order chi connectivity index (χ1) is 11.1. The molecule has 3 rings (SSSR count). The Kier molecular flexibility index (Phi) is 4.94. The lowest BCUT2D eigenvalue weighted by Gasteiger charge is -2.07. The van der Waals surface area contributed by atoms with Gasteiger partial charge in [-0.15, -0.1) is 0 Å². The third kappa shape index (κ3) is 3.89. The largest absolute Gasteiger partial charge is 0.457 e. The van der Waals surface area contributed by atoms with E-state index in [2.05, 4.69) is 31.9 Å². The molecule has 2 nitrogen and oxygen atoms in total. The fourth-order valence-electron chi connectivity index (χ4n) is 2.13. The van der Waals surface area contributed by atoms with Crippen LogP contribution in [-0.4, -0.2) is 5.78 Å². The lowest BCUT2D eigenvalue weighted by Crippen LogP contribution is -2.02. The van der Waals surface area contributed by atoms with Crippen molar-refractivity contribution in [3.8, 4) is 11.5 Å². The summed E-state index contributed by atoms with van der Waals surface area (Å²) in [5.74, 6) is 1.43. The van der Waals surface area contributed by atoms with E-state index in [0.29, 0.717) is 16.9 Å². The van der Waals surface area contributed by atoms with Gasteiger partial charge in [-0.3, -0.25) is 4.79 Å². The molecule has 0 fully saturated rings. The van der Waals surface area contributed by atoms with Crippen LogP contribution in [0, 0.1) is 0 Å². The van der Waals surface area contributed by atoms with E-state index in [1.165, 1.54) is 0 Å². The number of carbonyl (C=O) groups is 1. The van der Waals surface area contributed by atoms with Crippen molar-refractivity contribution in [1.82, 2.24) is 0 Å². The Morgan fingerprint density at radius 3 is 2.09 bits per heavy atom. The predicted molar refractivity (Wildman–Crippen MR) is 98.2 cm³/mol. The highest BCUT2D eigenvalue weighted by molar-refractivity contribution is 9.11. The number of rotatable bonds is 4. The molecule has 0 saturated heterocycles. The van der Waals surface area contributed by atoms with Gasteiger partial charge in [-0.25, -0.2) is 0 Å². The molecule has 0 heterocycles. The summed E-state index contributed by atoms with van der Waals surface area (Å²) in [6.45, 7) is 0. The van der Waals surface area contributed by atoms with Gasteiger partial charge in [0.25, 0.3) is 0 Å². The Morgan fingerprint density at radius 2 is 1.43 bits per heavy atom. The zero-order valence-corrected chi connectivity index (χ0v) is 15.2. The third-order valence-corrected chi connectivity index (χ3v) is 4.42. The number of ether oxygens (including phenoxy) is 1. The maximum absolute atomic E-state index is 12.6. The molecule has 0 aliphatic rings. The molecule has 0 aliphatic heterocycles. The Bertz CT molecular complexity index is 828. The second kappa shape index (κ2) is 7.11. The molecule has 0 amide bonds. The van der Waals surface area contributed by atoms with Gasteiger partial charge in [-0.2, -0.15) is 0 Å². The lowest BCUT2D eigenvalue weighted by atomic mass is 10.0. The molecule has 3 aromatic carbocycles. The smallest absolute Gasteiger partial charge is 0.194 e. The minimum Gasteiger partial charge on any atom is -0.457 e. The first kappa shape index (κ1) is 16.0. The van der Waals surface area contributed by atoms with Crippen molar-refractivity contribution in [3.05, 3.63) is 92.9 Å². The van der Waals surface area contributed by atoms with E-state index in [0.717, 1.165) is 14.7 Å². The van der Waals surface area contributed by atoms with E-state index in [1.807, 2.05) is 42.5 Å². The van der Waals surface area contributed by atoms with Crippen LogP contribution in [0.25, 0.3) is 0 Å². The van der Waals surface area contributed by atoms with E-state index in [4.69, 9.17) is 4.74 Å². The Labute approximate surface area is 151 Å². The summed E-state index contributed by atoms with van der Waals surface area (Å²) in [5.41, 5.74) is 1.25. The summed E-state index contributed by atoms with van der Waals surface area (Å²) in [6.07, 6.45) is 0. The van der Waals surface area contributed by atoms with Crippen LogP contribution in [0.4, 0.5) is 0 Å². The van der Waals surface area contributed by atoms with Crippen LogP contribution in [0.3, 0.4) is 0 Å². The summed E-state index contributed by atoms with van der Waals surface area (Å²) in [5, 5.41) is 0. The van der Waals surface area contributed by atoms with Crippen molar-refractivity contribution in [3.63, 3.8) is 0 Å². The van der Waals surface area contributed by atoms with Gasteiger partial charge in [0.2, 0.25) is 0 Å². The monoisotopic (exact) mass is 430 g/mol. The normalized spacial score (nSPS) is 10.3. The highest BCUT2D eigenvalue weighted by atomic mass is 79.9. The topological polar surface area (TPSA) is 26.3 Å². The first-order valence-electron chi connectivity index (χ1n) is 6.96. The van der Waals surface area contributed by atoms with Crippen molar-refractivity contribution in [2.75, 3.05) is 0 Å². The fraction of sp³-hybridized carbons (Fsp3) is 0. The summed E-state index contributed by atoms with van der Waals surface area (Å²) >= 11 is 6.81. The maximum Gasteiger partial charge on any atom is 0.194 e. The van der Waals surface area contributed by atoms with Gasteiger partial charge in [0.1, 0.15) is 11.5 Å². The molecule has 0 saturated carbocycles. The predicted octanol–water partition coefficient (Wildman–Crippen LogP) is 6.23. The number of halogens is 2. The maximum atomic E-state index is 12.6. The van der Waals surface area contributed by atoms with Gasteiger partial charge in [-0.1, -0.05) is 34.1 Å². The van der Waals surface area contributed by atoms with Crippen LogP contribution >= 0.6 is 31.9 Å². The molecular formula is C19H12Br2O2. The number of para-hydroxylation sites is 1. The van der Waals surface area contributed by atoms with Crippen LogP contribution in [0.2, 0.25) is 0 Å². The Morgan fingerprint density at radius 1 is 0.783 bits per heavy atom. The molecule has 3 aromatic rings. The number of ketones is 1. The zero-order valence-electron chi connectivity index (χ0n) is 12.0. The number of benzene rings is 3. The highest BCUT2D eigenvalue weighted by Crippen LogP contribution is 2.26. The highest BCUT2D eigenvalue weighted by Gasteiger charge is 2.13. The average molecular weight is 432 g/mol. The van der Waals surface area contributed by atoms with Crippen molar-refractivity contribution in [2.24, 2.45) is 0 Å². The van der Waals surface area contributed by atoms with Gasteiger partial charge in [0.15, 0.2) is 5.78 Å². The van der Waals surface area contributed by atoms with Crippen molar-refractivity contribution >= 4 is 37.6 Å². The van der Waals surface area contributed by atoms with E-state index >= 15 is 0 Å². The Balaban J connectivity index is 1.80. The number of hydrogen-bond donors (Lipinski definition) is 0. The molecule has 23 heavy (non-hydrogen) atoms. The van der Waals surface area contributed by atoms with E-state index < -0.39 is 0 Å². The van der Waals surface area contributed by atoms with Crippen LogP contribution in [0.5, 0.6) is 11.5 Å². The van der Waals surface area contributed by atoms with E-state index in [9.17, 15) is 4.79 Å². The molecule has 0 aromatic heterocycles. The van der Waals surface area contributed by atoms with Crippen LogP contribution in [0.15, 0.2) is 81.7 Å². The number of hydrogen-bond acceptors (Lipinski definition) is 2. The second-order valence-electron chi connectivity index (χ2n) is 4.89. The minimum atomic E-state index is -0.0318. The quantitative estimate of drug-likeness (QED) is 0.457. The summed E-state index contributed by atoms with van der Waals surface area (Å²) in [7, 11) is 0. The van der Waals surface area contributed by atoms with Crippen LogP contribution in [0.1, 0.15) is 15.9 Å². The fourth-order valence-corrected chi connectivity index (χ4v) is 3.36. The first-order valence-corrected chi connectivity index (χ1v) is 8.55. The molecular weight excluding hydrogens is 420 g/mol. The van der Waals surface area contributed by atoms with Gasteiger partial charge < -0.3 is 4.74 Å². The molecule has 0 radical (unpaired) electrons. The molecule has 0 unspecified atom stereocenters. The van der Waals surface area contributed by atoms with Gasteiger partial charge in [-0.05, 0) is 70.5 Å². The SMILES string of the molecule is O=C(c1ccc(Oc2ccccc2)cc1)c1ccc(Br)cc1Br. The van der Waals surface area contributed by atoms with E-state index in [-0.39, 0.29) is 5.78 Å². The van der Waals surface area contributed by atoms with Crippen molar-refractivity contribution < 1.29 is 9.53 Å².